The van der Waals surface area contributed by atoms with Crippen molar-refractivity contribution in [2.24, 2.45) is 0 Å². The Morgan fingerprint density at radius 3 is 2.65 bits per heavy atom. The van der Waals surface area contributed by atoms with E-state index in [9.17, 15) is 8.78 Å². The van der Waals surface area contributed by atoms with Crippen LogP contribution in [-0.2, 0) is 0 Å². The number of aliphatic hydroxyl groups is 1. The van der Waals surface area contributed by atoms with Gasteiger partial charge in [-0.25, -0.2) is 8.78 Å². The number of nitrogens with two attached hydrogens (primary N) is 1. The predicted octanol–water partition coefficient (Wildman–Crippen LogP) is 2.17. The van der Waals surface area contributed by atoms with E-state index in [4.69, 9.17) is 10.8 Å². The lowest BCUT2D eigenvalue weighted by molar-refractivity contribution is 0.151. The van der Waals surface area contributed by atoms with E-state index < -0.39 is 6.43 Å². The Morgan fingerprint density at radius 2 is 2.12 bits per heavy atom. The first-order valence-corrected chi connectivity index (χ1v) is 5.68. The molecule has 0 radical (unpaired) electrons. The molecule has 0 spiro atoms. The zero-order valence-electron chi connectivity index (χ0n) is 9.44. The van der Waals surface area contributed by atoms with Crippen molar-refractivity contribution < 1.29 is 13.9 Å². The molecule has 17 heavy (non-hydrogen) atoms. The van der Waals surface area contributed by atoms with Crippen LogP contribution in [0.4, 0.5) is 20.2 Å². The largest absolute Gasteiger partial charge is 0.399 e. The van der Waals surface area contributed by atoms with E-state index in [1.54, 1.807) is 12.1 Å². The Morgan fingerprint density at radius 1 is 1.41 bits per heavy atom. The molecule has 0 bridgehead atoms. The number of halogens is 2. The van der Waals surface area contributed by atoms with Crippen molar-refractivity contribution in [1.82, 2.24) is 0 Å². The summed E-state index contributed by atoms with van der Waals surface area (Å²) in [6.07, 6.45) is -0.562. The molecule has 1 aromatic carbocycles. The first-order chi connectivity index (χ1) is 8.13. The molecule has 0 amide bonds. The number of hydrogen-bond donors (Lipinski definition) is 2. The second-order valence-corrected chi connectivity index (χ2v) is 4.27. The molecule has 0 atom stereocenters. The van der Waals surface area contributed by atoms with Gasteiger partial charge in [-0.2, -0.15) is 0 Å². The minimum Gasteiger partial charge on any atom is -0.399 e. The highest BCUT2D eigenvalue weighted by Gasteiger charge is 2.31. The number of rotatable bonds is 5. The molecule has 0 aliphatic heterocycles. The summed E-state index contributed by atoms with van der Waals surface area (Å²) in [5.41, 5.74) is 6.31. The van der Waals surface area contributed by atoms with E-state index in [1.165, 1.54) is 6.07 Å². The number of hydrogen-bond acceptors (Lipinski definition) is 3. The van der Waals surface area contributed by atoms with Crippen molar-refractivity contribution in [1.29, 1.82) is 0 Å². The second kappa shape index (κ2) is 4.87. The molecule has 1 aromatic rings. The zero-order chi connectivity index (χ0) is 12.4. The normalized spacial score (nSPS) is 15.3. The van der Waals surface area contributed by atoms with Gasteiger partial charge in [0.25, 0.3) is 6.43 Å². The smallest absolute Gasteiger partial charge is 0.265 e. The highest BCUT2D eigenvalue weighted by molar-refractivity contribution is 5.61. The molecule has 1 aliphatic carbocycles. The highest BCUT2D eigenvalue weighted by Crippen LogP contribution is 2.37. The standard InChI is InChI=1S/C12H16F2N2O/c13-12(14)10-7-8(15)1-4-11(10)16(5-6-17)9-2-3-9/h1,4,7,9,12,17H,2-3,5-6,15H2. The first-order valence-electron chi connectivity index (χ1n) is 5.68. The van der Waals surface area contributed by atoms with E-state index in [0.29, 0.717) is 17.9 Å². The molecule has 0 unspecified atom stereocenters. The molecule has 1 aliphatic rings. The van der Waals surface area contributed by atoms with Crippen LogP contribution in [-0.4, -0.2) is 24.3 Å². The molecule has 1 saturated carbocycles. The van der Waals surface area contributed by atoms with Crippen LogP contribution in [0, 0.1) is 0 Å². The van der Waals surface area contributed by atoms with Crippen molar-refractivity contribution >= 4 is 11.4 Å². The molecule has 3 nitrogen and oxygen atoms in total. The van der Waals surface area contributed by atoms with Crippen LogP contribution in [0.5, 0.6) is 0 Å². The number of alkyl halides is 2. The van der Waals surface area contributed by atoms with Crippen molar-refractivity contribution in [3.8, 4) is 0 Å². The van der Waals surface area contributed by atoms with E-state index in [1.807, 2.05) is 4.90 Å². The lowest BCUT2D eigenvalue weighted by Crippen LogP contribution is -2.29. The van der Waals surface area contributed by atoms with Gasteiger partial charge in [0.05, 0.1) is 6.61 Å². The van der Waals surface area contributed by atoms with Gasteiger partial charge >= 0.3 is 0 Å². The number of aliphatic hydroxyl groups excluding tert-OH is 1. The average Bonchev–Trinajstić information content (AvgIpc) is 3.10. The summed E-state index contributed by atoms with van der Waals surface area (Å²) in [6.45, 7) is 0.345. The molecule has 2 rings (SSSR count). The zero-order valence-corrected chi connectivity index (χ0v) is 9.44. The summed E-state index contributed by atoms with van der Waals surface area (Å²) in [6, 6.07) is 4.83. The van der Waals surface area contributed by atoms with E-state index >= 15 is 0 Å². The summed E-state index contributed by atoms with van der Waals surface area (Å²) < 4.78 is 25.9. The quantitative estimate of drug-likeness (QED) is 0.778. The second-order valence-electron chi connectivity index (χ2n) is 4.27. The fourth-order valence-corrected chi connectivity index (χ4v) is 2.00. The molecule has 5 heteroatoms. The van der Waals surface area contributed by atoms with Crippen LogP contribution in [0.1, 0.15) is 24.8 Å². The highest BCUT2D eigenvalue weighted by atomic mass is 19.3. The van der Waals surface area contributed by atoms with Crippen LogP contribution < -0.4 is 10.6 Å². The minimum atomic E-state index is -2.55. The molecule has 1 fully saturated rings. The van der Waals surface area contributed by atoms with Crippen molar-refractivity contribution in [2.45, 2.75) is 25.3 Å². The number of nitrogens with zero attached hydrogens (tertiary/aromatic N) is 1. The van der Waals surface area contributed by atoms with Crippen LogP contribution in [0.3, 0.4) is 0 Å². The lowest BCUT2D eigenvalue weighted by Gasteiger charge is -2.26. The third kappa shape index (κ3) is 2.66. The molecule has 0 aromatic heterocycles. The predicted molar refractivity (Wildman–Crippen MR) is 63.3 cm³/mol. The average molecular weight is 242 g/mol. The monoisotopic (exact) mass is 242 g/mol. The van der Waals surface area contributed by atoms with Crippen molar-refractivity contribution in [3.05, 3.63) is 23.8 Å². The maximum absolute atomic E-state index is 12.9. The number of nitrogen functional groups attached to an aromatic ring is 1. The minimum absolute atomic E-state index is 0.0381. The Kier molecular flexibility index (Phi) is 3.47. The number of anilines is 2. The van der Waals surface area contributed by atoms with Gasteiger partial charge in [-0.05, 0) is 31.0 Å². The van der Waals surface area contributed by atoms with Gasteiger partial charge in [-0.3, -0.25) is 0 Å². The topological polar surface area (TPSA) is 49.5 Å². The van der Waals surface area contributed by atoms with Crippen molar-refractivity contribution in [2.75, 3.05) is 23.8 Å². The third-order valence-electron chi connectivity index (χ3n) is 2.92. The van der Waals surface area contributed by atoms with Crippen LogP contribution in [0.2, 0.25) is 0 Å². The van der Waals surface area contributed by atoms with Crippen molar-refractivity contribution in [3.63, 3.8) is 0 Å². The summed E-state index contributed by atoms with van der Waals surface area (Å²) in [4.78, 5) is 1.85. The van der Waals surface area contributed by atoms with Crippen LogP contribution in [0.15, 0.2) is 18.2 Å². The first kappa shape index (κ1) is 12.1. The molecule has 0 saturated heterocycles. The Hall–Kier alpha value is -1.36. The molecular formula is C12H16F2N2O. The van der Waals surface area contributed by atoms with Gasteiger partial charge in [0.1, 0.15) is 0 Å². The van der Waals surface area contributed by atoms with Crippen LogP contribution >= 0.6 is 0 Å². The molecule has 3 N–H and O–H groups in total. The van der Waals surface area contributed by atoms with Crippen LogP contribution in [0.25, 0.3) is 0 Å². The maximum Gasteiger partial charge on any atom is 0.265 e. The fraction of sp³-hybridized carbons (Fsp3) is 0.500. The Labute approximate surface area is 98.8 Å². The fourth-order valence-electron chi connectivity index (χ4n) is 2.00. The van der Waals surface area contributed by atoms with E-state index in [-0.39, 0.29) is 18.2 Å². The van der Waals surface area contributed by atoms with Gasteiger partial charge < -0.3 is 15.7 Å². The van der Waals surface area contributed by atoms with Gasteiger partial charge in [-0.15, -0.1) is 0 Å². The summed E-state index contributed by atoms with van der Waals surface area (Å²) >= 11 is 0. The molecule has 0 heterocycles. The summed E-state index contributed by atoms with van der Waals surface area (Å²) in [5.74, 6) is 0. The lowest BCUT2D eigenvalue weighted by atomic mass is 10.1. The van der Waals surface area contributed by atoms with Gasteiger partial charge in [0, 0.05) is 29.5 Å². The van der Waals surface area contributed by atoms with Gasteiger partial charge in [0.2, 0.25) is 0 Å². The molecule has 94 valence electrons. The van der Waals surface area contributed by atoms with Gasteiger partial charge in [-0.1, -0.05) is 0 Å². The maximum atomic E-state index is 12.9. The van der Waals surface area contributed by atoms with E-state index in [2.05, 4.69) is 0 Å². The summed E-state index contributed by atoms with van der Waals surface area (Å²) in [7, 11) is 0. The number of benzene rings is 1. The third-order valence-corrected chi connectivity index (χ3v) is 2.92. The summed E-state index contributed by atoms with van der Waals surface area (Å²) in [5, 5.41) is 9.00. The van der Waals surface area contributed by atoms with E-state index in [0.717, 1.165) is 12.8 Å². The SMILES string of the molecule is Nc1ccc(N(CCO)C2CC2)c(C(F)F)c1. The Bertz CT molecular complexity index is 394. The molecular weight excluding hydrogens is 226 g/mol. The Balaban J connectivity index is 2.34. The van der Waals surface area contributed by atoms with Gasteiger partial charge in [0.15, 0.2) is 0 Å².